The zero-order valence-electron chi connectivity index (χ0n) is 9.51. The summed E-state index contributed by atoms with van der Waals surface area (Å²) in [7, 11) is 1.18. The Morgan fingerprint density at radius 1 is 1.56 bits per heavy atom. The van der Waals surface area contributed by atoms with E-state index in [1.807, 2.05) is 6.92 Å². The van der Waals surface area contributed by atoms with Gasteiger partial charge in [-0.3, -0.25) is 0 Å². The van der Waals surface area contributed by atoms with Crippen molar-refractivity contribution in [1.29, 1.82) is 0 Å². The number of hydrogen-bond acceptors (Lipinski definition) is 2. The predicted octanol–water partition coefficient (Wildman–Crippen LogP) is 3.37. The second kappa shape index (κ2) is 4.95. The van der Waals surface area contributed by atoms with E-state index in [4.69, 9.17) is 0 Å². The highest BCUT2D eigenvalue weighted by atomic mass is 79.9. The fraction of sp³-hybridized carbons (Fsp3) is 0.417. The van der Waals surface area contributed by atoms with E-state index in [-0.39, 0.29) is 0 Å². The van der Waals surface area contributed by atoms with Crippen LogP contribution in [0.4, 0.5) is 4.39 Å². The summed E-state index contributed by atoms with van der Waals surface area (Å²) in [6.07, 6.45) is 0.849. The van der Waals surface area contributed by atoms with Gasteiger partial charge in [-0.1, -0.05) is 35.0 Å². The summed E-state index contributed by atoms with van der Waals surface area (Å²) in [5, 5.41) is 0. The second-order valence-corrected chi connectivity index (χ2v) is 4.51. The van der Waals surface area contributed by atoms with E-state index in [9.17, 15) is 9.18 Å². The SMILES string of the molecule is CCc1ccc(C(C)(F)C(=O)OC)cc1Br. The second-order valence-electron chi connectivity index (χ2n) is 3.65. The van der Waals surface area contributed by atoms with Crippen LogP contribution in [0.25, 0.3) is 0 Å². The Labute approximate surface area is 103 Å². The number of esters is 1. The monoisotopic (exact) mass is 288 g/mol. The first-order valence-corrected chi connectivity index (χ1v) is 5.79. The molecule has 4 heteroatoms. The summed E-state index contributed by atoms with van der Waals surface area (Å²) >= 11 is 3.35. The van der Waals surface area contributed by atoms with Gasteiger partial charge in [-0.25, -0.2) is 9.18 Å². The Balaban J connectivity index is 3.14. The molecule has 1 unspecified atom stereocenters. The van der Waals surface area contributed by atoms with E-state index in [1.54, 1.807) is 18.2 Å². The third-order valence-electron chi connectivity index (χ3n) is 2.54. The van der Waals surface area contributed by atoms with Gasteiger partial charge in [-0.05, 0) is 25.0 Å². The van der Waals surface area contributed by atoms with Crippen molar-refractivity contribution in [3.8, 4) is 0 Å². The Kier molecular flexibility index (Phi) is 4.08. The smallest absolute Gasteiger partial charge is 0.348 e. The summed E-state index contributed by atoms with van der Waals surface area (Å²) in [5.74, 6) is -0.886. The molecular formula is C12H14BrFO2. The van der Waals surface area contributed by atoms with Crippen molar-refractivity contribution in [1.82, 2.24) is 0 Å². The number of ether oxygens (including phenoxy) is 1. The molecule has 88 valence electrons. The quantitative estimate of drug-likeness (QED) is 0.797. The van der Waals surface area contributed by atoms with Crippen LogP contribution in [0.3, 0.4) is 0 Å². The molecular weight excluding hydrogens is 275 g/mol. The summed E-state index contributed by atoms with van der Waals surface area (Å²) in [6.45, 7) is 3.21. The van der Waals surface area contributed by atoms with Gasteiger partial charge in [-0.15, -0.1) is 0 Å². The molecule has 0 aliphatic carbocycles. The van der Waals surface area contributed by atoms with Crippen molar-refractivity contribution in [2.75, 3.05) is 7.11 Å². The molecule has 1 atom stereocenters. The maximum atomic E-state index is 14.1. The van der Waals surface area contributed by atoms with Crippen LogP contribution in [-0.4, -0.2) is 13.1 Å². The van der Waals surface area contributed by atoms with Gasteiger partial charge in [0.05, 0.1) is 7.11 Å². The van der Waals surface area contributed by atoms with Gasteiger partial charge in [0.2, 0.25) is 5.67 Å². The fourth-order valence-corrected chi connectivity index (χ4v) is 2.09. The first-order chi connectivity index (χ1) is 7.43. The molecule has 0 aliphatic rings. The number of carbonyl (C=O) groups is 1. The molecule has 0 fully saturated rings. The average molecular weight is 289 g/mol. The highest BCUT2D eigenvalue weighted by molar-refractivity contribution is 9.10. The lowest BCUT2D eigenvalue weighted by Crippen LogP contribution is -2.28. The highest BCUT2D eigenvalue weighted by Gasteiger charge is 2.36. The Hall–Kier alpha value is -0.900. The molecule has 1 aromatic carbocycles. The number of benzene rings is 1. The summed E-state index contributed by atoms with van der Waals surface area (Å²) in [5.41, 5.74) is -0.739. The first kappa shape index (κ1) is 13.2. The van der Waals surface area contributed by atoms with E-state index in [0.717, 1.165) is 16.5 Å². The predicted molar refractivity (Wildman–Crippen MR) is 64.0 cm³/mol. The van der Waals surface area contributed by atoms with Gasteiger partial charge in [0, 0.05) is 10.0 Å². The number of alkyl halides is 1. The topological polar surface area (TPSA) is 26.3 Å². The molecule has 0 bridgehead atoms. The zero-order valence-corrected chi connectivity index (χ0v) is 11.1. The zero-order chi connectivity index (χ0) is 12.3. The number of carbonyl (C=O) groups excluding carboxylic acids is 1. The van der Waals surface area contributed by atoms with Crippen LogP contribution in [0, 0.1) is 0 Å². The molecule has 1 rings (SSSR count). The number of halogens is 2. The third-order valence-corrected chi connectivity index (χ3v) is 3.28. The van der Waals surface area contributed by atoms with Gasteiger partial charge in [0.1, 0.15) is 0 Å². The molecule has 1 aromatic rings. The van der Waals surface area contributed by atoms with Crippen molar-refractivity contribution in [3.63, 3.8) is 0 Å². The molecule has 0 amide bonds. The lowest BCUT2D eigenvalue weighted by Gasteiger charge is -2.18. The minimum atomic E-state index is -2.11. The molecule has 0 aromatic heterocycles. The summed E-state index contributed by atoms with van der Waals surface area (Å²) in [4.78, 5) is 11.3. The Morgan fingerprint density at radius 2 is 2.19 bits per heavy atom. The minimum absolute atomic E-state index is 0.295. The number of methoxy groups -OCH3 is 1. The first-order valence-electron chi connectivity index (χ1n) is 4.99. The molecule has 0 aliphatic heterocycles. The molecule has 0 radical (unpaired) electrons. The molecule has 16 heavy (non-hydrogen) atoms. The average Bonchev–Trinajstić information content (AvgIpc) is 2.27. The lowest BCUT2D eigenvalue weighted by molar-refractivity contribution is -0.154. The van der Waals surface area contributed by atoms with Crippen molar-refractivity contribution >= 4 is 21.9 Å². The van der Waals surface area contributed by atoms with Crippen LogP contribution in [0.2, 0.25) is 0 Å². The minimum Gasteiger partial charge on any atom is -0.466 e. The van der Waals surface area contributed by atoms with E-state index >= 15 is 0 Å². The van der Waals surface area contributed by atoms with Gasteiger partial charge in [0.25, 0.3) is 0 Å². The summed E-state index contributed by atoms with van der Waals surface area (Å²) in [6, 6.07) is 5.04. The lowest BCUT2D eigenvalue weighted by atomic mass is 9.96. The van der Waals surface area contributed by atoms with Gasteiger partial charge >= 0.3 is 5.97 Å². The summed E-state index contributed by atoms with van der Waals surface area (Å²) < 4.78 is 19.4. The number of hydrogen-bond donors (Lipinski definition) is 0. The largest absolute Gasteiger partial charge is 0.466 e. The normalized spacial score (nSPS) is 14.3. The van der Waals surface area contributed by atoms with Crippen LogP contribution >= 0.6 is 15.9 Å². The van der Waals surface area contributed by atoms with E-state index in [2.05, 4.69) is 20.7 Å². The molecule has 2 nitrogen and oxygen atoms in total. The van der Waals surface area contributed by atoms with Crippen LogP contribution in [0.1, 0.15) is 25.0 Å². The number of rotatable bonds is 3. The van der Waals surface area contributed by atoms with E-state index in [0.29, 0.717) is 5.56 Å². The van der Waals surface area contributed by atoms with Gasteiger partial charge < -0.3 is 4.74 Å². The molecule has 0 N–H and O–H groups in total. The maximum absolute atomic E-state index is 14.1. The van der Waals surface area contributed by atoms with Crippen molar-refractivity contribution in [2.45, 2.75) is 25.9 Å². The standard InChI is InChI=1S/C12H14BrFO2/c1-4-8-5-6-9(7-10(8)13)12(2,14)11(15)16-3/h5-7H,4H2,1-3H3. The van der Waals surface area contributed by atoms with E-state index < -0.39 is 11.6 Å². The Morgan fingerprint density at radius 3 is 2.62 bits per heavy atom. The van der Waals surface area contributed by atoms with Crippen molar-refractivity contribution < 1.29 is 13.9 Å². The van der Waals surface area contributed by atoms with Gasteiger partial charge in [0.15, 0.2) is 0 Å². The van der Waals surface area contributed by atoms with E-state index in [1.165, 1.54) is 14.0 Å². The van der Waals surface area contributed by atoms with Crippen molar-refractivity contribution in [3.05, 3.63) is 33.8 Å². The molecule has 0 saturated carbocycles. The molecule has 0 saturated heterocycles. The van der Waals surface area contributed by atoms with Crippen LogP contribution in [0.5, 0.6) is 0 Å². The highest BCUT2D eigenvalue weighted by Crippen LogP contribution is 2.30. The maximum Gasteiger partial charge on any atom is 0.348 e. The van der Waals surface area contributed by atoms with Crippen LogP contribution in [0.15, 0.2) is 22.7 Å². The molecule has 0 spiro atoms. The molecule has 0 heterocycles. The Bertz CT molecular complexity index is 402. The number of aryl methyl sites for hydroxylation is 1. The van der Waals surface area contributed by atoms with Crippen LogP contribution < -0.4 is 0 Å². The third kappa shape index (κ3) is 2.43. The van der Waals surface area contributed by atoms with Gasteiger partial charge in [-0.2, -0.15) is 0 Å². The van der Waals surface area contributed by atoms with Crippen LogP contribution in [-0.2, 0) is 21.6 Å². The van der Waals surface area contributed by atoms with Crippen molar-refractivity contribution in [2.24, 2.45) is 0 Å². The fourth-order valence-electron chi connectivity index (χ4n) is 1.44.